The van der Waals surface area contributed by atoms with Gasteiger partial charge in [0, 0.05) is 38.8 Å². The van der Waals surface area contributed by atoms with Gasteiger partial charge in [0.25, 0.3) is 0 Å². The number of urea groups is 1. The van der Waals surface area contributed by atoms with Gasteiger partial charge in [-0.25, -0.2) is 4.79 Å². The van der Waals surface area contributed by atoms with Gasteiger partial charge in [0.1, 0.15) is 0 Å². The third-order valence-electron chi connectivity index (χ3n) is 4.55. The molecule has 2 heterocycles. The van der Waals surface area contributed by atoms with Crippen molar-refractivity contribution in [1.29, 1.82) is 0 Å². The summed E-state index contributed by atoms with van der Waals surface area (Å²) in [5, 5.41) is 2.97. The maximum Gasteiger partial charge on any atom is 0.317 e. The van der Waals surface area contributed by atoms with Crippen molar-refractivity contribution in [2.45, 2.75) is 52.5 Å². The molecular formula is C16H31N3O. The summed E-state index contributed by atoms with van der Waals surface area (Å²) < 4.78 is 0. The van der Waals surface area contributed by atoms with E-state index in [-0.39, 0.29) is 6.03 Å². The highest BCUT2D eigenvalue weighted by molar-refractivity contribution is 5.75. The number of nitrogens with one attached hydrogen (secondary N) is 1. The van der Waals surface area contributed by atoms with Crippen LogP contribution in [0.2, 0.25) is 0 Å². The van der Waals surface area contributed by atoms with Crippen molar-refractivity contribution in [3.05, 3.63) is 0 Å². The molecule has 2 aliphatic rings. The first-order valence-corrected chi connectivity index (χ1v) is 8.33. The van der Waals surface area contributed by atoms with Crippen LogP contribution < -0.4 is 5.32 Å². The summed E-state index contributed by atoms with van der Waals surface area (Å²) in [6.45, 7) is 12.3. The fraction of sp³-hybridized carbons (Fsp3) is 0.938. The van der Waals surface area contributed by atoms with E-state index in [0.717, 1.165) is 57.3 Å². The molecule has 2 saturated heterocycles. The Balaban J connectivity index is 1.73. The minimum atomic E-state index is 0.155. The number of likely N-dealkylation sites (tertiary alicyclic amines) is 1. The van der Waals surface area contributed by atoms with E-state index >= 15 is 0 Å². The predicted octanol–water partition coefficient (Wildman–Crippen LogP) is 2.55. The Kier molecular flexibility index (Phi) is 5.70. The van der Waals surface area contributed by atoms with Crippen LogP contribution in [0.1, 0.15) is 46.5 Å². The van der Waals surface area contributed by atoms with Gasteiger partial charge in [-0.15, -0.1) is 0 Å². The number of carbonyl (C=O) groups is 1. The van der Waals surface area contributed by atoms with Gasteiger partial charge in [-0.05, 0) is 37.5 Å². The standard InChI is InChI=1S/C16H31N3O/c1-13(2)11-14(3)12-18-9-5-15(6-10-18)19-8-4-7-17-16(19)20/h13-15H,4-12H2,1-3H3,(H,17,20)/t14-/m0/s1. The van der Waals surface area contributed by atoms with Gasteiger partial charge in [-0.3, -0.25) is 0 Å². The van der Waals surface area contributed by atoms with Gasteiger partial charge in [0.2, 0.25) is 0 Å². The van der Waals surface area contributed by atoms with Gasteiger partial charge in [0.05, 0.1) is 0 Å². The van der Waals surface area contributed by atoms with E-state index in [2.05, 4.69) is 35.9 Å². The molecular weight excluding hydrogens is 250 g/mol. The number of carbonyl (C=O) groups excluding carboxylic acids is 1. The van der Waals surface area contributed by atoms with Crippen molar-refractivity contribution in [3.8, 4) is 0 Å². The van der Waals surface area contributed by atoms with Crippen LogP contribution in [0.4, 0.5) is 4.79 Å². The van der Waals surface area contributed by atoms with E-state index in [4.69, 9.17) is 0 Å². The summed E-state index contributed by atoms with van der Waals surface area (Å²) in [5.74, 6) is 1.57. The highest BCUT2D eigenvalue weighted by atomic mass is 16.2. The molecule has 1 atom stereocenters. The lowest BCUT2D eigenvalue weighted by Gasteiger charge is -2.40. The van der Waals surface area contributed by atoms with E-state index in [0.29, 0.717) is 6.04 Å². The van der Waals surface area contributed by atoms with Crippen LogP contribution in [-0.4, -0.2) is 54.6 Å². The van der Waals surface area contributed by atoms with Crippen molar-refractivity contribution in [3.63, 3.8) is 0 Å². The summed E-state index contributed by atoms with van der Waals surface area (Å²) in [6, 6.07) is 0.620. The van der Waals surface area contributed by atoms with Gasteiger partial charge in [-0.2, -0.15) is 0 Å². The van der Waals surface area contributed by atoms with Crippen LogP contribution in [0.3, 0.4) is 0 Å². The first kappa shape index (κ1) is 15.6. The first-order valence-electron chi connectivity index (χ1n) is 8.33. The summed E-state index contributed by atoms with van der Waals surface area (Å²) >= 11 is 0. The normalized spacial score (nSPS) is 24.0. The second-order valence-electron chi connectivity index (χ2n) is 7.05. The van der Waals surface area contributed by atoms with Gasteiger partial charge in [0.15, 0.2) is 0 Å². The third-order valence-corrected chi connectivity index (χ3v) is 4.55. The highest BCUT2D eigenvalue weighted by Crippen LogP contribution is 2.20. The van der Waals surface area contributed by atoms with Gasteiger partial charge >= 0.3 is 6.03 Å². The van der Waals surface area contributed by atoms with E-state index < -0.39 is 0 Å². The van der Waals surface area contributed by atoms with Crippen LogP contribution in [0.15, 0.2) is 0 Å². The van der Waals surface area contributed by atoms with Crippen LogP contribution in [0.25, 0.3) is 0 Å². The molecule has 116 valence electrons. The fourth-order valence-corrected chi connectivity index (χ4v) is 3.73. The molecule has 0 spiro atoms. The van der Waals surface area contributed by atoms with E-state index in [1.54, 1.807) is 0 Å². The quantitative estimate of drug-likeness (QED) is 0.840. The molecule has 2 amide bonds. The molecule has 0 aromatic rings. The SMILES string of the molecule is CC(C)C[C@H](C)CN1CCC(N2CCCNC2=O)CC1. The molecule has 1 N–H and O–H groups in total. The number of hydrogen-bond acceptors (Lipinski definition) is 2. The molecule has 0 aliphatic carbocycles. The number of rotatable bonds is 5. The monoisotopic (exact) mass is 281 g/mol. The molecule has 20 heavy (non-hydrogen) atoms. The van der Waals surface area contributed by atoms with Crippen LogP contribution in [0, 0.1) is 11.8 Å². The summed E-state index contributed by atoms with van der Waals surface area (Å²) in [6.07, 6.45) is 4.69. The zero-order chi connectivity index (χ0) is 14.5. The lowest BCUT2D eigenvalue weighted by Crippen LogP contribution is -2.54. The smallest absolute Gasteiger partial charge is 0.317 e. The third kappa shape index (κ3) is 4.37. The Morgan fingerprint density at radius 3 is 2.50 bits per heavy atom. The molecule has 4 nitrogen and oxygen atoms in total. The summed E-state index contributed by atoms with van der Waals surface area (Å²) in [4.78, 5) is 16.5. The molecule has 2 fully saturated rings. The molecule has 0 saturated carbocycles. The number of piperidine rings is 1. The average molecular weight is 281 g/mol. The van der Waals surface area contributed by atoms with Gasteiger partial charge < -0.3 is 15.1 Å². The lowest BCUT2D eigenvalue weighted by atomic mass is 9.96. The Hall–Kier alpha value is -0.770. The van der Waals surface area contributed by atoms with Crippen molar-refractivity contribution in [2.24, 2.45) is 11.8 Å². The lowest BCUT2D eigenvalue weighted by molar-refractivity contribution is 0.103. The van der Waals surface area contributed by atoms with E-state index in [1.165, 1.54) is 13.0 Å². The molecule has 0 radical (unpaired) electrons. The predicted molar refractivity (Wildman–Crippen MR) is 82.8 cm³/mol. The van der Waals surface area contributed by atoms with Crippen LogP contribution >= 0.6 is 0 Å². The number of hydrogen-bond donors (Lipinski definition) is 1. The maximum atomic E-state index is 11.9. The van der Waals surface area contributed by atoms with Crippen molar-refractivity contribution < 1.29 is 4.79 Å². The topological polar surface area (TPSA) is 35.6 Å². The zero-order valence-corrected chi connectivity index (χ0v) is 13.4. The van der Waals surface area contributed by atoms with Crippen molar-refractivity contribution in [1.82, 2.24) is 15.1 Å². The van der Waals surface area contributed by atoms with Crippen LogP contribution in [-0.2, 0) is 0 Å². The molecule has 0 aromatic heterocycles. The maximum absolute atomic E-state index is 11.9. The molecule has 0 aromatic carbocycles. The largest absolute Gasteiger partial charge is 0.338 e. The van der Waals surface area contributed by atoms with E-state index in [1.807, 2.05) is 0 Å². The number of nitrogens with zero attached hydrogens (tertiary/aromatic N) is 2. The summed E-state index contributed by atoms with van der Waals surface area (Å²) in [5.41, 5.74) is 0. The molecule has 2 rings (SSSR count). The Labute approximate surface area is 123 Å². The highest BCUT2D eigenvalue weighted by Gasteiger charge is 2.29. The van der Waals surface area contributed by atoms with Gasteiger partial charge in [-0.1, -0.05) is 20.8 Å². The second-order valence-corrected chi connectivity index (χ2v) is 7.05. The molecule has 0 unspecified atom stereocenters. The molecule has 4 heteroatoms. The fourth-order valence-electron chi connectivity index (χ4n) is 3.73. The summed E-state index contributed by atoms with van der Waals surface area (Å²) in [7, 11) is 0. The van der Waals surface area contributed by atoms with Crippen LogP contribution in [0.5, 0.6) is 0 Å². The molecule has 2 aliphatic heterocycles. The Morgan fingerprint density at radius 2 is 1.90 bits per heavy atom. The second kappa shape index (κ2) is 7.30. The minimum Gasteiger partial charge on any atom is -0.338 e. The van der Waals surface area contributed by atoms with Crippen molar-refractivity contribution in [2.75, 3.05) is 32.7 Å². The minimum absolute atomic E-state index is 0.155. The van der Waals surface area contributed by atoms with Crippen molar-refractivity contribution >= 4 is 6.03 Å². The molecule has 0 bridgehead atoms. The van der Waals surface area contributed by atoms with E-state index in [9.17, 15) is 4.79 Å². The average Bonchev–Trinajstić information content (AvgIpc) is 2.39. The Bertz CT molecular complexity index is 311. The Morgan fingerprint density at radius 1 is 1.20 bits per heavy atom. The number of amides is 2. The first-order chi connectivity index (χ1) is 9.56. The zero-order valence-electron chi connectivity index (χ0n) is 13.4.